The van der Waals surface area contributed by atoms with Gasteiger partial charge < -0.3 is 28.5 Å². The summed E-state index contributed by atoms with van der Waals surface area (Å²) >= 11 is 2.80. The maximum atomic E-state index is 12.2. The van der Waals surface area contributed by atoms with Gasteiger partial charge in [-0.15, -0.1) is 22.7 Å². The molecular formula is C45H48N4O13S3. The molecule has 0 bridgehead atoms. The third kappa shape index (κ3) is 9.34. The second-order valence-electron chi connectivity index (χ2n) is 16.2. The summed E-state index contributed by atoms with van der Waals surface area (Å²) in [5, 5.41) is 23.4. The van der Waals surface area contributed by atoms with Gasteiger partial charge in [0.2, 0.25) is 11.5 Å². The number of fused-ring (bicyclic) bond motifs is 6. The van der Waals surface area contributed by atoms with Gasteiger partial charge in [0, 0.05) is 23.3 Å². The Labute approximate surface area is 382 Å². The lowest BCUT2D eigenvalue weighted by molar-refractivity contribution is -0.385. The number of aromatic nitrogens is 2. The minimum Gasteiger partial charge on any atom is -0.484 e. The Morgan fingerprint density at radius 2 is 1.38 bits per heavy atom. The molecule has 2 fully saturated rings. The van der Waals surface area contributed by atoms with E-state index < -0.39 is 21.0 Å². The highest BCUT2D eigenvalue weighted by Gasteiger charge is 2.34. The maximum Gasteiger partial charge on any atom is 0.348 e. The van der Waals surface area contributed by atoms with E-state index in [4.69, 9.17) is 23.1 Å². The molecule has 5 heterocycles. The first-order valence-corrected chi connectivity index (χ1v) is 24.9. The number of aromatic amines is 1. The van der Waals surface area contributed by atoms with E-state index in [1.54, 1.807) is 24.3 Å². The molecule has 65 heavy (non-hydrogen) atoms. The third-order valence-electron chi connectivity index (χ3n) is 12.2. The molecule has 0 amide bonds. The quantitative estimate of drug-likeness (QED) is 0.0397. The minimum atomic E-state index is -3.67. The summed E-state index contributed by atoms with van der Waals surface area (Å²) < 4.78 is 52.9. The van der Waals surface area contributed by atoms with Gasteiger partial charge in [-0.1, -0.05) is 50.7 Å². The van der Waals surface area contributed by atoms with E-state index in [9.17, 15) is 38.2 Å². The smallest absolute Gasteiger partial charge is 0.348 e. The van der Waals surface area contributed by atoms with Gasteiger partial charge in [-0.2, -0.15) is 8.42 Å². The number of nitrogens with one attached hydrogen (secondary N) is 1. The molecule has 4 aromatic heterocycles. The van der Waals surface area contributed by atoms with E-state index >= 15 is 0 Å². The van der Waals surface area contributed by atoms with Crippen LogP contribution in [0.1, 0.15) is 107 Å². The molecular weight excluding hydrogens is 901 g/mol. The van der Waals surface area contributed by atoms with Gasteiger partial charge in [0.05, 0.1) is 68.7 Å². The van der Waals surface area contributed by atoms with E-state index in [1.165, 1.54) is 73.9 Å². The van der Waals surface area contributed by atoms with Gasteiger partial charge in [0.1, 0.15) is 29.6 Å². The summed E-state index contributed by atoms with van der Waals surface area (Å²) in [5.41, 5.74) is 6.71. The molecule has 0 atom stereocenters. The van der Waals surface area contributed by atoms with Crippen molar-refractivity contribution in [2.45, 2.75) is 82.6 Å². The van der Waals surface area contributed by atoms with Crippen LogP contribution in [0.5, 0.6) is 11.5 Å². The first kappa shape index (κ1) is 45.7. The van der Waals surface area contributed by atoms with Crippen LogP contribution in [0, 0.1) is 20.2 Å². The number of carbonyl (C=O) groups is 2. The number of nitro benzene ring substituents is 2. The van der Waals surface area contributed by atoms with Crippen molar-refractivity contribution in [3.63, 3.8) is 0 Å². The summed E-state index contributed by atoms with van der Waals surface area (Å²) in [6, 6.07) is 13.4. The number of thiophene rings is 2. The number of hydrogen-bond donors (Lipinski definition) is 1. The minimum absolute atomic E-state index is 0.00431. The van der Waals surface area contributed by atoms with E-state index in [1.807, 2.05) is 12.1 Å². The highest BCUT2D eigenvalue weighted by Crippen LogP contribution is 2.52. The van der Waals surface area contributed by atoms with Gasteiger partial charge in [-0.3, -0.25) is 24.4 Å². The lowest BCUT2D eigenvalue weighted by atomic mass is 9.83. The Hall–Kier alpha value is -5.83. The van der Waals surface area contributed by atoms with E-state index in [2.05, 4.69) is 9.55 Å². The van der Waals surface area contributed by atoms with Crippen molar-refractivity contribution in [3.8, 4) is 34.0 Å². The molecule has 0 unspecified atom stereocenters. The number of para-hydroxylation sites is 2. The number of ether oxygens (including phenoxy) is 4. The first-order chi connectivity index (χ1) is 31.3. The number of nitro groups is 2. The van der Waals surface area contributed by atoms with Crippen LogP contribution in [-0.4, -0.2) is 80.1 Å². The average Bonchev–Trinajstić information content (AvgIpc) is 4.05. The highest BCUT2D eigenvalue weighted by molar-refractivity contribution is 7.86. The molecule has 20 heteroatoms. The molecule has 2 aromatic carbocycles. The zero-order chi connectivity index (χ0) is 46.0. The van der Waals surface area contributed by atoms with Crippen molar-refractivity contribution in [2.24, 2.45) is 0 Å². The number of carbonyl (C=O) groups excluding carboxylic acids is 2. The lowest BCUT2D eigenvalue weighted by Crippen LogP contribution is -2.12. The molecule has 1 aliphatic heterocycles. The van der Waals surface area contributed by atoms with Crippen molar-refractivity contribution < 1.29 is 51.0 Å². The molecule has 1 N–H and O–H groups in total. The van der Waals surface area contributed by atoms with Crippen molar-refractivity contribution in [1.82, 2.24) is 9.55 Å². The van der Waals surface area contributed by atoms with Crippen LogP contribution in [0.15, 0.2) is 48.5 Å². The fraction of sp³-hybridized carbons (Fsp3) is 0.422. The van der Waals surface area contributed by atoms with E-state index in [0.717, 1.165) is 88.5 Å². The molecule has 17 nitrogen and oxygen atoms in total. The zero-order valence-corrected chi connectivity index (χ0v) is 38.5. The molecule has 2 aliphatic carbocycles. The molecule has 0 spiro atoms. The van der Waals surface area contributed by atoms with Crippen LogP contribution in [-0.2, 0) is 30.3 Å². The average molecular weight is 949 g/mol. The number of rotatable bonds is 12. The summed E-state index contributed by atoms with van der Waals surface area (Å²) in [7, 11) is -0.936. The monoisotopic (exact) mass is 948 g/mol. The van der Waals surface area contributed by atoms with Crippen LogP contribution in [0.2, 0.25) is 0 Å². The molecule has 344 valence electrons. The Morgan fingerprint density at radius 3 is 2.00 bits per heavy atom. The normalized spacial score (nSPS) is 15.6. The summed E-state index contributed by atoms with van der Waals surface area (Å²) in [6.07, 6.45) is 11.9. The van der Waals surface area contributed by atoms with Crippen LogP contribution < -0.4 is 9.47 Å². The second-order valence-corrected chi connectivity index (χ2v) is 20.0. The summed E-state index contributed by atoms with van der Waals surface area (Å²) in [6.45, 7) is 0.442. The SMILES string of the molecule is COC(=O)c1cc2[nH]c(-c3cccc([N+](=O)[O-])c3OCCOS(C)(=O)=O)c(C3CCCCC3)c2s1.COC(=O)c1cc2c(s1)c(C1CCCCC1)c1n2CCOc2c-1cccc2[N+](=O)[O-]. The number of benzene rings is 2. The Bertz CT molecular complexity index is 2900. The number of H-pyrrole nitrogens is 1. The second kappa shape index (κ2) is 19.3. The van der Waals surface area contributed by atoms with Gasteiger partial charge in [0.25, 0.3) is 10.1 Å². The predicted octanol–water partition coefficient (Wildman–Crippen LogP) is 10.5. The van der Waals surface area contributed by atoms with E-state index in [-0.39, 0.29) is 47.1 Å². The Kier molecular flexibility index (Phi) is 13.6. The molecule has 0 radical (unpaired) electrons. The van der Waals surface area contributed by atoms with Crippen LogP contribution in [0.25, 0.3) is 42.9 Å². The van der Waals surface area contributed by atoms with Crippen LogP contribution >= 0.6 is 22.7 Å². The van der Waals surface area contributed by atoms with Gasteiger partial charge in [-0.25, -0.2) is 9.59 Å². The van der Waals surface area contributed by atoms with Crippen LogP contribution in [0.3, 0.4) is 0 Å². The maximum absolute atomic E-state index is 12.2. The number of hydrogen-bond acceptors (Lipinski definition) is 15. The van der Waals surface area contributed by atoms with Crippen molar-refractivity contribution in [2.75, 3.05) is 40.3 Å². The van der Waals surface area contributed by atoms with Gasteiger partial charge in [0.15, 0.2) is 0 Å². The van der Waals surface area contributed by atoms with Crippen molar-refractivity contribution in [3.05, 3.63) is 89.6 Å². The summed E-state index contributed by atoms with van der Waals surface area (Å²) in [5.74, 6) is 0.219. The number of esters is 2. The molecule has 6 aromatic rings. The first-order valence-electron chi connectivity index (χ1n) is 21.4. The molecule has 9 rings (SSSR count). The topological polar surface area (TPSA) is 221 Å². The van der Waals surface area contributed by atoms with Crippen molar-refractivity contribution >= 4 is 76.5 Å². The third-order valence-corrected chi connectivity index (χ3v) is 15.1. The molecule has 0 saturated heterocycles. The largest absolute Gasteiger partial charge is 0.484 e. The molecule has 2 saturated carbocycles. The Balaban J connectivity index is 0.000000179. The lowest BCUT2D eigenvalue weighted by Gasteiger charge is -2.23. The fourth-order valence-electron chi connectivity index (χ4n) is 9.43. The Morgan fingerprint density at radius 1 is 0.800 bits per heavy atom. The fourth-order valence-corrected chi connectivity index (χ4v) is 12.2. The number of nitrogens with zero attached hydrogens (tertiary/aromatic N) is 3. The standard InChI is InChI=1S/C23H26N2O8S2.C22H22N2O5S/c1-31-23(26)18-13-16-22(34-18)19(14-7-4-3-5-8-14)20(24-16)15-9-6-10-17(25(27)28)21(15)32-11-12-33-35(2,29)30;1-28-22(25)17-12-16-21(30-17)18(13-6-3-2-4-7-13)19-14-8-5-9-15(24(26)27)20(14)29-11-10-23(16)19/h6,9-10,13-14,24H,3-5,7-8,11-12H2,1-2H3;5,8-9,12-13H,2-4,6-7,10-11H2,1H3. The predicted molar refractivity (Wildman–Crippen MR) is 246 cm³/mol. The van der Waals surface area contributed by atoms with E-state index in [0.29, 0.717) is 45.8 Å². The zero-order valence-electron chi connectivity index (χ0n) is 36.0. The molecule has 3 aliphatic rings. The van der Waals surface area contributed by atoms with Crippen molar-refractivity contribution in [1.29, 1.82) is 0 Å². The van der Waals surface area contributed by atoms with Crippen LogP contribution in [0.4, 0.5) is 11.4 Å². The van der Waals surface area contributed by atoms with Gasteiger partial charge >= 0.3 is 23.3 Å². The highest BCUT2D eigenvalue weighted by atomic mass is 32.2. The van der Waals surface area contributed by atoms with Gasteiger partial charge in [-0.05, 0) is 72.9 Å². The number of methoxy groups -OCH3 is 2. The summed E-state index contributed by atoms with van der Waals surface area (Å²) in [4.78, 5) is 51.3.